The topological polar surface area (TPSA) is 84.7 Å². The molecule has 0 aromatic heterocycles. The van der Waals surface area contributed by atoms with E-state index in [1.807, 2.05) is 44.2 Å². The van der Waals surface area contributed by atoms with Gasteiger partial charge in [0.1, 0.15) is 11.8 Å². The number of likely N-dealkylation sites (tertiary alicyclic amines) is 1. The van der Waals surface area contributed by atoms with Crippen molar-refractivity contribution in [3.8, 4) is 5.75 Å². The van der Waals surface area contributed by atoms with Gasteiger partial charge in [-0.25, -0.2) is 0 Å². The Morgan fingerprint density at radius 2 is 1.70 bits per heavy atom. The van der Waals surface area contributed by atoms with Gasteiger partial charge in [-0.3, -0.25) is 9.59 Å². The van der Waals surface area contributed by atoms with Gasteiger partial charge in [-0.05, 0) is 23.6 Å². The lowest BCUT2D eigenvalue weighted by Gasteiger charge is -2.27. The van der Waals surface area contributed by atoms with E-state index in [-0.39, 0.29) is 42.1 Å². The summed E-state index contributed by atoms with van der Waals surface area (Å²) in [6, 6.07) is 16.3. The van der Waals surface area contributed by atoms with Crippen LogP contribution in [0.25, 0.3) is 0 Å². The van der Waals surface area contributed by atoms with Gasteiger partial charge < -0.3 is 20.7 Å². The van der Waals surface area contributed by atoms with Gasteiger partial charge in [0.05, 0.1) is 12.7 Å². The molecule has 1 heterocycles. The number of nitrogens with one attached hydrogen (secondary N) is 1. The van der Waals surface area contributed by atoms with Gasteiger partial charge in [0, 0.05) is 25.0 Å². The number of carbonyl (C=O) groups is 2. The van der Waals surface area contributed by atoms with Crippen LogP contribution in [0.4, 0.5) is 0 Å². The molecule has 2 aromatic carbocycles. The first-order valence-electron chi connectivity index (χ1n) is 9.95. The number of methoxy groups -OCH3 is 1. The smallest absolute Gasteiger partial charge is 0.255 e. The highest BCUT2D eigenvalue weighted by atomic mass is 35.5. The van der Waals surface area contributed by atoms with Crippen LogP contribution in [0.15, 0.2) is 54.6 Å². The number of nitrogens with two attached hydrogens (primary N) is 1. The van der Waals surface area contributed by atoms with E-state index < -0.39 is 6.04 Å². The minimum Gasteiger partial charge on any atom is -0.496 e. The molecule has 7 heteroatoms. The molecule has 0 radical (unpaired) electrons. The number of hydrogen-bond donors (Lipinski definition) is 2. The zero-order chi connectivity index (χ0) is 21.0. The maximum absolute atomic E-state index is 13.3. The Bertz CT molecular complexity index is 860. The van der Waals surface area contributed by atoms with Crippen molar-refractivity contribution in [2.24, 2.45) is 11.7 Å². The third kappa shape index (κ3) is 5.12. The van der Waals surface area contributed by atoms with E-state index in [9.17, 15) is 9.59 Å². The molecule has 1 fully saturated rings. The van der Waals surface area contributed by atoms with E-state index in [0.717, 1.165) is 5.56 Å². The van der Waals surface area contributed by atoms with E-state index >= 15 is 0 Å². The summed E-state index contributed by atoms with van der Waals surface area (Å²) in [4.78, 5) is 27.9. The summed E-state index contributed by atoms with van der Waals surface area (Å²) in [5.41, 5.74) is 7.89. The predicted molar refractivity (Wildman–Crippen MR) is 120 cm³/mol. The molecule has 3 atom stereocenters. The van der Waals surface area contributed by atoms with Gasteiger partial charge in [-0.1, -0.05) is 56.3 Å². The summed E-state index contributed by atoms with van der Waals surface area (Å²) in [5.74, 6) is 0.0908. The monoisotopic (exact) mass is 431 g/mol. The fourth-order valence-electron chi connectivity index (χ4n) is 3.82. The number of rotatable bonds is 6. The third-order valence-corrected chi connectivity index (χ3v) is 5.48. The molecule has 2 aromatic rings. The largest absolute Gasteiger partial charge is 0.496 e. The summed E-state index contributed by atoms with van der Waals surface area (Å²) in [6.45, 7) is 4.88. The number of benzene rings is 2. The SMILES string of the molecule is COc1ccccc1C(=O)NC(C(=O)N1C[C@@H](N)[C@H](c2ccccc2)C1)C(C)C.Cl. The molecule has 1 unspecified atom stereocenters. The van der Waals surface area contributed by atoms with E-state index in [4.69, 9.17) is 10.5 Å². The first-order chi connectivity index (χ1) is 13.9. The summed E-state index contributed by atoms with van der Waals surface area (Å²) in [7, 11) is 1.52. The summed E-state index contributed by atoms with van der Waals surface area (Å²) in [5, 5.41) is 2.90. The number of amides is 2. The average molecular weight is 432 g/mol. The highest BCUT2D eigenvalue weighted by molar-refractivity contribution is 5.99. The molecule has 0 aliphatic carbocycles. The Hall–Kier alpha value is -2.57. The van der Waals surface area contributed by atoms with Crippen molar-refractivity contribution >= 4 is 24.2 Å². The number of nitrogens with zero attached hydrogens (tertiary/aromatic N) is 1. The number of carbonyl (C=O) groups excluding carboxylic acids is 2. The fourth-order valence-corrected chi connectivity index (χ4v) is 3.82. The lowest BCUT2D eigenvalue weighted by atomic mass is 9.95. The lowest BCUT2D eigenvalue weighted by Crippen LogP contribution is -2.51. The first-order valence-corrected chi connectivity index (χ1v) is 9.95. The highest BCUT2D eigenvalue weighted by Crippen LogP contribution is 2.27. The van der Waals surface area contributed by atoms with E-state index in [2.05, 4.69) is 5.32 Å². The molecular weight excluding hydrogens is 402 g/mol. The summed E-state index contributed by atoms with van der Waals surface area (Å²) in [6.07, 6.45) is 0. The van der Waals surface area contributed by atoms with Gasteiger partial charge in [-0.2, -0.15) is 0 Å². The second kappa shape index (κ2) is 10.5. The van der Waals surface area contributed by atoms with E-state index in [1.54, 1.807) is 29.2 Å². The normalized spacial score (nSPS) is 19.2. The van der Waals surface area contributed by atoms with Crippen LogP contribution in [0.1, 0.15) is 35.7 Å². The standard InChI is InChI=1S/C23H29N3O3.ClH/c1-15(2)21(25-22(27)17-11-7-8-12-20(17)29-3)23(28)26-13-18(19(24)14-26)16-9-5-4-6-10-16;/h4-12,15,18-19,21H,13-14,24H2,1-3H3,(H,25,27);1H/t18-,19+,21?;/m0./s1. The number of para-hydroxylation sites is 1. The van der Waals surface area contributed by atoms with E-state index in [1.165, 1.54) is 7.11 Å². The van der Waals surface area contributed by atoms with Crippen molar-refractivity contribution in [1.29, 1.82) is 0 Å². The molecule has 0 spiro atoms. The Morgan fingerprint density at radius 3 is 2.33 bits per heavy atom. The van der Waals surface area contributed by atoms with Gasteiger partial charge in [-0.15, -0.1) is 12.4 Å². The van der Waals surface area contributed by atoms with Crippen LogP contribution in [0.2, 0.25) is 0 Å². The molecule has 3 rings (SSSR count). The highest BCUT2D eigenvalue weighted by Gasteiger charge is 2.38. The number of hydrogen-bond acceptors (Lipinski definition) is 4. The zero-order valence-electron chi connectivity index (χ0n) is 17.6. The molecular formula is C23H30ClN3O3. The summed E-state index contributed by atoms with van der Waals surface area (Å²) < 4.78 is 5.27. The van der Waals surface area contributed by atoms with Crippen LogP contribution in [0.3, 0.4) is 0 Å². The first kappa shape index (κ1) is 23.7. The molecule has 6 nitrogen and oxygen atoms in total. The Labute approximate surface area is 184 Å². The van der Waals surface area contributed by atoms with Gasteiger partial charge in [0.25, 0.3) is 5.91 Å². The second-order valence-corrected chi connectivity index (χ2v) is 7.82. The molecule has 3 N–H and O–H groups in total. The molecule has 30 heavy (non-hydrogen) atoms. The Kier molecular flexibility index (Phi) is 8.26. The lowest BCUT2D eigenvalue weighted by molar-refractivity contribution is -0.133. The molecule has 0 saturated carbocycles. The minimum absolute atomic E-state index is 0. The van der Waals surface area contributed by atoms with Crippen molar-refractivity contribution in [2.75, 3.05) is 20.2 Å². The quantitative estimate of drug-likeness (QED) is 0.736. The van der Waals surface area contributed by atoms with Crippen molar-refractivity contribution in [3.05, 3.63) is 65.7 Å². The van der Waals surface area contributed by atoms with Crippen LogP contribution in [-0.4, -0.2) is 49.0 Å². The maximum Gasteiger partial charge on any atom is 0.255 e. The Morgan fingerprint density at radius 1 is 1.07 bits per heavy atom. The van der Waals surface area contributed by atoms with Crippen molar-refractivity contribution < 1.29 is 14.3 Å². The summed E-state index contributed by atoms with van der Waals surface area (Å²) >= 11 is 0. The molecule has 162 valence electrons. The van der Waals surface area contributed by atoms with Gasteiger partial charge in [0.2, 0.25) is 5.91 Å². The van der Waals surface area contributed by atoms with Crippen molar-refractivity contribution in [3.63, 3.8) is 0 Å². The molecule has 1 saturated heterocycles. The van der Waals surface area contributed by atoms with E-state index in [0.29, 0.717) is 24.4 Å². The molecule has 0 bridgehead atoms. The van der Waals surface area contributed by atoms with Crippen LogP contribution >= 0.6 is 12.4 Å². The van der Waals surface area contributed by atoms with Crippen LogP contribution < -0.4 is 15.8 Å². The van der Waals surface area contributed by atoms with Gasteiger partial charge >= 0.3 is 0 Å². The molecule has 2 amide bonds. The van der Waals surface area contributed by atoms with Crippen molar-refractivity contribution in [2.45, 2.75) is 31.8 Å². The van der Waals surface area contributed by atoms with Crippen LogP contribution in [-0.2, 0) is 4.79 Å². The second-order valence-electron chi connectivity index (χ2n) is 7.82. The zero-order valence-corrected chi connectivity index (χ0v) is 18.4. The Balaban J connectivity index is 0.00000320. The minimum atomic E-state index is -0.630. The van der Waals surface area contributed by atoms with Gasteiger partial charge in [0.15, 0.2) is 0 Å². The number of ether oxygens (including phenoxy) is 1. The van der Waals surface area contributed by atoms with Crippen LogP contribution in [0, 0.1) is 5.92 Å². The number of halogens is 1. The molecule has 1 aliphatic heterocycles. The maximum atomic E-state index is 13.3. The molecule has 1 aliphatic rings. The van der Waals surface area contributed by atoms with Crippen LogP contribution in [0.5, 0.6) is 5.75 Å². The third-order valence-electron chi connectivity index (χ3n) is 5.48. The fraction of sp³-hybridized carbons (Fsp3) is 0.391. The average Bonchev–Trinajstić information content (AvgIpc) is 3.13. The van der Waals surface area contributed by atoms with Crippen molar-refractivity contribution in [1.82, 2.24) is 10.2 Å². The predicted octanol–water partition coefficient (Wildman–Crippen LogP) is 2.82.